The molecule has 1 aromatic rings. The van der Waals surface area contributed by atoms with Gasteiger partial charge in [0.05, 0.1) is 4.92 Å². The smallest absolute Gasteiger partial charge is 0.313 e. The molecule has 1 heterocycles. The van der Waals surface area contributed by atoms with Gasteiger partial charge in [-0.05, 0) is 23.9 Å². The van der Waals surface area contributed by atoms with Crippen LogP contribution in [0.25, 0.3) is 0 Å². The fourth-order valence-electron chi connectivity index (χ4n) is 1.25. The number of thiophene rings is 1. The van der Waals surface area contributed by atoms with Gasteiger partial charge in [0.25, 0.3) is 0 Å². The Labute approximate surface area is 99.8 Å². The summed E-state index contributed by atoms with van der Waals surface area (Å²) in [6, 6.07) is 1.63. The molecule has 0 aromatic carbocycles. The van der Waals surface area contributed by atoms with E-state index in [1.54, 1.807) is 6.07 Å². The van der Waals surface area contributed by atoms with Crippen LogP contribution < -0.4 is 5.32 Å². The first-order valence-corrected chi connectivity index (χ1v) is 6.19. The van der Waals surface area contributed by atoms with Crippen LogP contribution in [0.2, 0.25) is 0 Å². The van der Waals surface area contributed by atoms with E-state index < -0.39 is 0 Å². The fraction of sp³-hybridized carbons (Fsp3) is 0.636. The molecule has 16 heavy (non-hydrogen) atoms. The molecule has 0 saturated heterocycles. The second-order valence-corrected chi connectivity index (χ2v) is 5.93. The van der Waals surface area contributed by atoms with Gasteiger partial charge in [0.15, 0.2) is 0 Å². The molecule has 0 bridgehead atoms. The minimum atomic E-state index is -0.344. The van der Waals surface area contributed by atoms with Crippen molar-refractivity contribution in [1.82, 2.24) is 5.32 Å². The van der Waals surface area contributed by atoms with Crippen molar-refractivity contribution in [2.75, 3.05) is 6.54 Å². The second-order valence-electron chi connectivity index (χ2n) is 5.04. The number of rotatable bonds is 5. The van der Waals surface area contributed by atoms with Crippen LogP contribution in [0.15, 0.2) is 11.4 Å². The topological polar surface area (TPSA) is 55.2 Å². The Balaban J connectivity index is 2.30. The average Bonchev–Trinajstić information content (AvgIpc) is 2.59. The van der Waals surface area contributed by atoms with Crippen molar-refractivity contribution in [2.24, 2.45) is 5.41 Å². The number of hydrogen-bond acceptors (Lipinski definition) is 4. The van der Waals surface area contributed by atoms with E-state index >= 15 is 0 Å². The van der Waals surface area contributed by atoms with Crippen LogP contribution in [-0.2, 0) is 6.54 Å². The summed E-state index contributed by atoms with van der Waals surface area (Å²) in [5, 5.41) is 15.8. The highest BCUT2D eigenvalue weighted by atomic mass is 32.1. The number of nitrogens with zero attached hydrogens (tertiary/aromatic N) is 1. The van der Waals surface area contributed by atoms with Crippen LogP contribution >= 0.6 is 11.3 Å². The van der Waals surface area contributed by atoms with Crippen LogP contribution in [0.5, 0.6) is 0 Å². The lowest BCUT2D eigenvalue weighted by atomic mass is 9.92. The second kappa shape index (κ2) is 5.41. The van der Waals surface area contributed by atoms with E-state index in [-0.39, 0.29) is 9.92 Å². The summed E-state index contributed by atoms with van der Waals surface area (Å²) >= 11 is 1.18. The molecule has 0 aliphatic rings. The van der Waals surface area contributed by atoms with Crippen LogP contribution in [0.1, 0.15) is 32.8 Å². The molecule has 1 aromatic heterocycles. The first kappa shape index (κ1) is 13.1. The zero-order valence-electron chi connectivity index (χ0n) is 9.95. The molecule has 0 saturated carbocycles. The van der Waals surface area contributed by atoms with Gasteiger partial charge in [-0.15, -0.1) is 0 Å². The lowest BCUT2D eigenvalue weighted by molar-refractivity contribution is -0.380. The van der Waals surface area contributed by atoms with Crippen molar-refractivity contribution in [3.63, 3.8) is 0 Å². The first-order valence-electron chi connectivity index (χ1n) is 5.31. The quantitative estimate of drug-likeness (QED) is 0.490. The molecule has 0 atom stereocenters. The molecule has 4 nitrogen and oxygen atoms in total. The van der Waals surface area contributed by atoms with Gasteiger partial charge in [-0.25, -0.2) is 0 Å². The van der Waals surface area contributed by atoms with Crippen molar-refractivity contribution in [3.8, 4) is 0 Å². The maximum atomic E-state index is 10.5. The summed E-state index contributed by atoms with van der Waals surface area (Å²) in [6.45, 7) is 8.24. The maximum absolute atomic E-state index is 10.5. The largest absolute Gasteiger partial charge is 0.324 e. The third kappa shape index (κ3) is 4.72. The van der Waals surface area contributed by atoms with Crippen molar-refractivity contribution in [1.29, 1.82) is 0 Å². The zero-order chi connectivity index (χ0) is 12.2. The minimum Gasteiger partial charge on any atom is -0.313 e. The maximum Gasteiger partial charge on any atom is 0.324 e. The molecular weight excluding hydrogens is 224 g/mol. The first-order chi connectivity index (χ1) is 7.38. The van der Waals surface area contributed by atoms with E-state index in [0.29, 0.717) is 12.0 Å². The monoisotopic (exact) mass is 242 g/mol. The molecule has 1 rings (SSSR count). The van der Waals surface area contributed by atoms with Gasteiger partial charge in [0, 0.05) is 18.0 Å². The van der Waals surface area contributed by atoms with Crippen molar-refractivity contribution in [3.05, 3.63) is 27.1 Å². The van der Waals surface area contributed by atoms with Gasteiger partial charge in [0.2, 0.25) is 0 Å². The Bertz CT molecular complexity index is 355. The van der Waals surface area contributed by atoms with Gasteiger partial charge >= 0.3 is 5.00 Å². The molecule has 0 aliphatic carbocycles. The summed E-state index contributed by atoms with van der Waals surface area (Å²) in [5.74, 6) is 0. The Hall–Kier alpha value is -0.940. The minimum absolute atomic E-state index is 0.215. The van der Waals surface area contributed by atoms with E-state index in [4.69, 9.17) is 0 Å². The standard InChI is InChI=1S/C11H18N2O2S/c1-11(2,3)4-5-12-7-9-6-10(13(14)15)16-8-9/h6,8,12H,4-5,7H2,1-3H3. The molecule has 0 aliphatic heterocycles. The predicted molar refractivity (Wildman–Crippen MR) is 66.8 cm³/mol. The third-order valence-electron chi connectivity index (χ3n) is 2.20. The summed E-state index contributed by atoms with van der Waals surface area (Å²) in [7, 11) is 0. The van der Waals surface area contributed by atoms with E-state index in [9.17, 15) is 10.1 Å². The fourth-order valence-corrected chi connectivity index (χ4v) is 1.98. The van der Waals surface area contributed by atoms with Crippen LogP contribution in [0, 0.1) is 15.5 Å². The number of nitro groups is 1. The third-order valence-corrected chi connectivity index (χ3v) is 3.13. The molecule has 0 unspecified atom stereocenters. The zero-order valence-corrected chi connectivity index (χ0v) is 10.8. The lowest BCUT2D eigenvalue weighted by Gasteiger charge is -2.17. The molecule has 1 N–H and O–H groups in total. The SMILES string of the molecule is CC(C)(C)CCNCc1csc([N+](=O)[O-])c1. The molecule has 0 spiro atoms. The summed E-state index contributed by atoms with van der Waals surface area (Å²) in [6.07, 6.45) is 1.10. The number of hydrogen-bond donors (Lipinski definition) is 1. The van der Waals surface area contributed by atoms with Gasteiger partial charge in [-0.2, -0.15) is 0 Å². The normalized spacial score (nSPS) is 11.7. The Morgan fingerprint density at radius 2 is 2.19 bits per heavy atom. The van der Waals surface area contributed by atoms with E-state index in [1.807, 2.05) is 5.38 Å². The summed E-state index contributed by atoms with van der Waals surface area (Å²) in [4.78, 5) is 10.1. The molecular formula is C11H18N2O2S. The van der Waals surface area contributed by atoms with Gasteiger partial charge in [-0.3, -0.25) is 10.1 Å². The Kier molecular flexibility index (Phi) is 4.44. The Morgan fingerprint density at radius 3 is 2.69 bits per heavy atom. The van der Waals surface area contributed by atoms with Crippen molar-refractivity contribution in [2.45, 2.75) is 33.7 Å². The van der Waals surface area contributed by atoms with E-state index in [2.05, 4.69) is 26.1 Å². The molecule has 0 radical (unpaired) electrons. The number of nitrogens with one attached hydrogen (secondary N) is 1. The summed E-state index contributed by atoms with van der Waals surface area (Å²) < 4.78 is 0. The van der Waals surface area contributed by atoms with Gasteiger partial charge in [0.1, 0.15) is 0 Å². The van der Waals surface area contributed by atoms with E-state index in [1.165, 1.54) is 11.3 Å². The van der Waals surface area contributed by atoms with Crippen molar-refractivity contribution >= 4 is 16.3 Å². The average molecular weight is 242 g/mol. The predicted octanol–water partition coefficient (Wildman–Crippen LogP) is 3.18. The highest BCUT2D eigenvalue weighted by Crippen LogP contribution is 2.22. The van der Waals surface area contributed by atoms with Crippen LogP contribution in [-0.4, -0.2) is 11.5 Å². The summed E-state index contributed by atoms with van der Waals surface area (Å²) in [5.41, 5.74) is 1.32. The Morgan fingerprint density at radius 1 is 1.50 bits per heavy atom. The highest BCUT2D eigenvalue weighted by Gasteiger charge is 2.11. The van der Waals surface area contributed by atoms with Gasteiger partial charge in [-0.1, -0.05) is 32.1 Å². The lowest BCUT2D eigenvalue weighted by Crippen LogP contribution is -2.19. The van der Waals surface area contributed by atoms with Gasteiger partial charge < -0.3 is 5.32 Å². The van der Waals surface area contributed by atoms with Crippen LogP contribution in [0.4, 0.5) is 5.00 Å². The molecule has 0 amide bonds. The van der Waals surface area contributed by atoms with E-state index in [0.717, 1.165) is 18.5 Å². The van der Waals surface area contributed by atoms with Crippen LogP contribution in [0.3, 0.4) is 0 Å². The highest BCUT2D eigenvalue weighted by molar-refractivity contribution is 7.13. The molecule has 90 valence electrons. The molecule has 0 fully saturated rings. The van der Waals surface area contributed by atoms with Crippen molar-refractivity contribution < 1.29 is 4.92 Å². The molecule has 5 heteroatoms.